The zero-order chi connectivity index (χ0) is 12.9. The lowest BCUT2D eigenvalue weighted by Crippen LogP contribution is -2.41. The molecular formula is C10H19NO5S. The smallest absolute Gasteiger partial charge is 0.431 e. The fourth-order valence-electron chi connectivity index (χ4n) is 1.92. The van der Waals surface area contributed by atoms with Gasteiger partial charge in [0.2, 0.25) is 0 Å². The molecule has 7 heteroatoms. The van der Waals surface area contributed by atoms with Crippen LogP contribution in [0.4, 0.5) is 4.79 Å². The summed E-state index contributed by atoms with van der Waals surface area (Å²) in [6.45, 7) is -0.109. The third-order valence-corrected chi connectivity index (χ3v) is 3.69. The van der Waals surface area contributed by atoms with Crippen molar-refractivity contribution < 1.29 is 23.2 Å². The minimum absolute atomic E-state index is 0.109. The van der Waals surface area contributed by atoms with E-state index in [0.29, 0.717) is 0 Å². The highest BCUT2D eigenvalue weighted by atomic mass is 32.2. The molecule has 0 atom stereocenters. The van der Waals surface area contributed by atoms with Gasteiger partial charge < -0.3 is 5.11 Å². The van der Waals surface area contributed by atoms with Crippen LogP contribution in [0.5, 0.6) is 0 Å². The van der Waals surface area contributed by atoms with Crippen molar-refractivity contribution in [2.75, 3.05) is 18.6 Å². The molecule has 0 spiro atoms. The molecule has 1 N–H and O–H groups in total. The van der Waals surface area contributed by atoms with Crippen LogP contribution < -0.4 is 0 Å². The van der Waals surface area contributed by atoms with Gasteiger partial charge in [-0.2, -0.15) is 5.06 Å². The monoisotopic (exact) mass is 265 g/mol. The normalized spacial score (nSPS) is 17.9. The second-order valence-corrected chi connectivity index (χ2v) is 6.62. The number of hydrogen-bond donors (Lipinski definition) is 1. The molecule has 0 radical (unpaired) electrons. The molecule has 0 aromatic rings. The number of rotatable bonds is 5. The number of hydroxylamine groups is 2. The van der Waals surface area contributed by atoms with Crippen LogP contribution in [0.1, 0.15) is 32.1 Å². The Hall–Kier alpha value is -0.820. The van der Waals surface area contributed by atoms with Gasteiger partial charge in [-0.3, -0.25) is 4.84 Å². The molecule has 100 valence electrons. The lowest BCUT2D eigenvalue weighted by Gasteiger charge is -2.30. The number of sulfone groups is 1. The second-order valence-electron chi connectivity index (χ2n) is 4.36. The topological polar surface area (TPSA) is 83.9 Å². The Morgan fingerprint density at radius 3 is 2.41 bits per heavy atom. The van der Waals surface area contributed by atoms with Crippen molar-refractivity contribution in [1.82, 2.24) is 5.06 Å². The third kappa shape index (κ3) is 5.36. The predicted molar refractivity (Wildman–Crippen MR) is 62.4 cm³/mol. The van der Waals surface area contributed by atoms with Crippen LogP contribution in [-0.2, 0) is 14.7 Å². The summed E-state index contributed by atoms with van der Waals surface area (Å²) in [6.07, 6.45) is 4.62. The Morgan fingerprint density at radius 2 is 1.94 bits per heavy atom. The molecular weight excluding hydrogens is 246 g/mol. The van der Waals surface area contributed by atoms with E-state index in [2.05, 4.69) is 0 Å². The highest BCUT2D eigenvalue weighted by molar-refractivity contribution is 7.90. The maximum Gasteiger partial charge on any atom is 0.431 e. The highest BCUT2D eigenvalue weighted by Crippen LogP contribution is 2.22. The Bertz CT molecular complexity index is 348. The van der Waals surface area contributed by atoms with Gasteiger partial charge in [0.25, 0.3) is 0 Å². The van der Waals surface area contributed by atoms with E-state index in [9.17, 15) is 13.2 Å². The summed E-state index contributed by atoms with van der Waals surface area (Å²) in [5.41, 5.74) is 0. The van der Waals surface area contributed by atoms with Crippen LogP contribution >= 0.6 is 0 Å². The van der Waals surface area contributed by atoms with Crippen LogP contribution in [0.3, 0.4) is 0 Å². The Balaban J connectivity index is 2.45. The van der Waals surface area contributed by atoms with Crippen LogP contribution in [0.2, 0.25) is 0 Å². The molecule has 17 heavy (non-hydrogen) atoms. The van der Waals surface area contributed by atoms with E-state index in [0.717, 1.165) is 43.4 Å². The van der Waals surface area contributed by atoms with Gasteiger partial charge in [0.15, 0.2) is 0 Å². The van der Waals surface area contributed by atoms with Crippen LogP contribution in [0.15, 0.2) is 0 Å². The average molecular weight is 265 g/mol. The molecule has 1 rings (SSSR count). The molecule has 1 fully saturated rings. The maximum absolute atomic E-state index is 11.0. The molecule has 0 aromatic carbocycles. The highest BCUT2D eigenvalue weighted by Gasteiger charge is 2.26. The first kappa shape index (κ1) is 14.2. The molecule has 0 heterocycles. The summed E-state index contributed by atoms with van der Waals surface area (Å²) in [7, 11) is -3.12. The number of hydrogen-bond acceptors (Lipinski definition) is 4. The number of carbonyl (C=O) groups is 1. The van der Waals surface area contributed by atoms with E-state index >= 15 is 0 Å². The molecule has 0 unspecified atom stereocenters. The van der Waals surface area contributed by atoms with Crippen LogP contribution in [0, 0.1) is 0 Å². The average Bonchev–Trinajstić information content (AvgIpc) is 2.23. The van der Waals surface area contributed by atoms with E-state index in [-0.39, 0.29) is 18.4 Å². The summed E-state index contributed by atoms with van der Waals surface area (Å²) in [5.74, 6) is -0.163. The van der Waals surface area contributed by atoms with Crippen molar-refractivity contribution >= 4 is 15.9 Å². The second kappa shape index (κ2) is 6.20. The van der Waals surface area contributed by atoms with E-state index in [1.807, 2.05) is 0 Å². The first-order chi connectivity index (χ1) is 7.90. The summed E-state index contributed by atoms with van der Waals surface area (Å²) in [5, 5.41) is 9.93. The minimum Gasteiger partial charge on any atom is -0.463 e. The van der Waals surface area contributed by atoms with Crippen LogP contribution in [-0.4, -0.2) is 49.3 Å². The van der Waals surface area contributed by atoms with Crippen LogP contribution in [0.25, 0.3) is 0 Å². The maximum atomic E-state index is 11.0. The molecule has 1 aliphatic rings. The standard InChI is InChI=1S/C10H19NO5S/c1-17(14,15)8-7-16-11(10(12)13)9-5-3-2-4-6-9/h9H,2-8H2,1H3,(H,12,13). The molecule has 1 saturated carbocycles. The number of carboxylic acid groups (broad SMARTS) is 1. The van der Waals surface area contributed by atoms with Gasteiger partial charge in [0.1, 0.15) is 9.84 Å². The van der Waals surface area contributed by atoms with Crippen molar-refractivity contribution in [2.45, 2.75) is 38.1 Å². The first-order valence-corrected chi connectivity index (χ1v) is 7.79. The Kier molecular flexibility index (Phi) is 5.20. The van der Waals surface area contributed by atoms with E-state index < -0.39 is 15.9 Å². The van der Waals surface area contributed by atoms with Gasteiger partial charge in [-0.15, -0.1) is 0 Å². The van der Waals surface area contributed by atoms with Gasteiger partial charge in [-0.05, 0) is 12.8 Å². The largest absolute Gasteiger partial charge is 0.463 e. The van der Waals surface area contributed by atoms with Crippen molar-refractivity contribution in [3.8, 4) is 0 Å². The van der Waals surface area contributed by atoms with Crippen molar-refractivity contribution in [3.63, 3.8) is 0 Å². The van der Waals surface area contributed by atoms with E-state index in [1.54, 1.807) is 0 Å². The fraction of sp³-hybridized carbons (Fsp3) is 0.900. The molecule has 0 bridgehead atoms. The molecule has 6 nitrogen and oxygen atoms in total. The molecule has 1 amide bonds. The first-order valence-electron chi connectivity index (χ1n) is 5.73. The van der Waals surface area contributed by atoms with Gasteiger partial charge in [-0.1, -0.05) is 19.3 Å². The van der Waals surface area contributed by atoms with Crippen molar-refractivity contribution in [3.05, 3.63) is 0 Å². The summed E-state index contributed by atoms with van der Waals surface area (Å²) in [4.78, 5) is 16.1. The lowest BCUT2D eigenvalue weighted by molar-refractivity contribution is -0.157. The van der Waals surface area contributed by atoms with Gasteiger partial charge in [0.05, 0.1) is 18.4 Å². The van der Waals surface area contributed by atoms with Gasteiger partial charge in [-0.25, -0.2) is 13.2 Å². The predicted octanol–water partition coefficient (Wildman–Crippen LogP) is 1.28. The molecule has 1 aliphatic carbocycles. The summed E-state index contributed by atoms with van der Waals surface area (Å²) >= 11 is 0. The summed E-state index contributed by atoms with van der Waals surface area (Å²) < 4.78 is 21.8. The van der Waals surface area contributed by atoms with E-state index in [4.69, 9.17) is 9.94 Å². The van der Waals surface area contributed by atoms with Gasteiger partial charge >= 0.3 is 6.09 Å². The van der Waals surface area contributed by atoms with E-state index in [1.165, 1.54) is 0 Å². The fourth-order valence-corrected chi connectivity index (χ4v) is 2.30. The molecule has 0 aromatic heterocycles. The SMILES string of the molecule is CS(=O)(=O)CCON(C(=O)O)C1CCCCC1. The Morgan fingerprint density at radius 1 is 1.35 bits per heavy atom. The van der Waals surface area contributed by atoms with Gasteiger partial charge in [0, 0.05) is 6.26 Å². The number of nitrogens with zero attached hydrogens (tertiary/aromatic N) is 1. The number of amides is 1. The quantitative estimate of drug-likeness (QED) is 0.757. The minimum atomic E-state index is -3.12. The third-order valence-electron chi connectivity index (χ3n) is 2.78. The summed E-state index contributed by atoms with van der Waals surface area (Å²) in [6, 6.07) is -0.138. The zero-order valence-electron chi connectivity index (χ0n) is 9.96. The van der Waals surface area contributed by atoms with Crippen molar-refractivity contribution in [2.24, 2.45) is 0 Å². The van der Waals surface area contributed by atoms with Crippen molar-refractivity contribution in [1.29, 1.82) is 0 Å². The lowest BCUT2D eigenvalue weighted by atomic mass is 9.95. The Labute approximate surface area is 101 Å². The zero-order valence-corrected chi connectivity index (χ0v) is 10.8. The molecule has 0 saturated heterocycles. The molecule has 0 aliphatic heterocycles.